The van der Waals surface area contributed by atoms with Gasteiger partial charge in [0.1, 0.15) is 17.9 Å². The van der Waals surface area contributed by atoms with Gasteiger partial charge in [0.25, 0.3) is 5.91 Å². The molecule has 2 fully saturated rings. The summed E-state index contributed by atoms with van der Waals surface area (Å²) in [6.07, 6.45) is 3.75. The van der Waals surface area contributed by atoms with Crippen LogP contribution in [0.1, 0.15) is 28.8 Å². The SMILES string of the molecule is N#Cc1coc2cc(C(=O)N[C@@H]3C[C@@H]4CCN(C4)C3)ccc12. The molecule has 3 atom stereocenters. The van der Waals surface area contributed by atoms with E-state index in [4.69, 9.17) is 9.68 Å². The van der Waals surface area contributed by atoms with Gasteiger partial charge in [-0.3, -0.25) is 4.79 Å². The maximum absolute atomic E-state index is 12.4. The van der Waals surface area contributed by atoms with E-state index in [1.165, 1.54) is 19.2 Å². The zero-order valence-electron chi connectivity index (χ0n) is 12.2. The molecule has 0 aliphatic carbocycles. The first kappa shape index (κ1) is 13.4. The van der Waals surface area contributed by atoms with Crippen molar-refractivity contribution in [2.75, 3.05) is 19.6 Å². The molecular formula is C17H17N3O2. The zero-order chi connectivity index (χ0) is 15.1. The average molecular weight is 295 g/mol. The van der Waals surface area contributed by atoms with E-state index in [1.807, 2.05) is 0 Å². The van der Waals surface area contributed by atoms with Crippen LogP contribution in [-0.2, 0) is 0 Å². The Morgan fingerprint density at radius 1 is 1.41 bits per heavy atom. The van der Waals surface area contributed by atoms with Crippen molar-refractivity contribution >= 4 is 16.9 Å². The summed E-state index contributed by atoms with van der Waals surface area (Å²) in [5.41, 5.74) is 1.66. The Hall–Kier alpha value is -2.32. The van der Waals surface area contributed by atoms with Crippen LogP contribution in [0.3, 0.4) is 0 Å². The molecule has 1 unspecified atom stereocenters. The van der Waals surface area contributed by atoms with Crippen molar-refractivity contribution in [2.45, 2.75) is 18.9 Å². The molecule has 1 aromatic carbocycles. The van der Waals surface area contributed by atoms with Gasteiger partial charge in [0.05, 0.1) is 5.56 Å². The third-order valence-electron chi connectivity index (χ3n) is 4.76. The highest BCUT2D eigenvalue weighted by Crippen LogP contribution is 2.27. The largest absolute Gasteiger partial charge is 0.463 e. The first-order valence-electron chi connectivity index (χ1n) is 7.67. The summed E-state index contributed by atoms with van der Waals surface area (Å²) in [7, 11) is 0. The Morgan fingerprint density at radius 2 is 2.32 bits per heavy atom. The first-order valence-corrected chi connectivity index (χ1v) is 7.67. The third-order valence-corrected chi connectivity index (χ3v) is 4.76. The maximum Gasteiger partial charge on any atom is 0.251 e. The van der Waals surface area contributed by atoms with Crippen LogP contribution in [0.4, 0.5) is 0 Å². The van der Waals surface area contributed by atoms with Crippen molar-refractivity contribution in [1.29, 1.82) is 5.26 Å². The molecule has 2 bridgehead atoms. The molecule has 5 nitrogen and oxygen atoms in total. The number of hydrogen-bond acceptors (Lipinski definition) is 4. The van der Waals surface area contributed by atoms with Gasteiger partial charge in [0.2, 0.25) is 0 Å². The summed E-state index contributed by atoms with van der Waals surface area (Å²) in [4.78, 5) is 14.9. The minimum Gasteiger partial charge on any atom is -0.463 e. The molecule has 2 aliphatic rings. The highest BCUT2D eigenvalue weighted by atomic mass is 16.3. The molecule has 3 heterocycles. The molecule has 4 rings (SSSR count). The Bertz CT molecular complexity index is 762. The summed E-state index contributed by atoms with van der Waals surface area (Å²) in [6.45, 7) is 3.29. The second-order valence-electron chi connectivity index (χ2n) is 6.29. The maximum atomic E-state index is 12.4. The number of nitriles is 1. The molecule has 2 aromatic rings. The smallest absolute Gasteiger partial charge is 0.251 e. The lowest BCUT2D eigenvalue weighted by Crippen LogP contribution is -2.47. The van der Waals surface area contributed by atoms with Gasteiger partial charge in [-0.25, -0.2) is 0 Å². The molecule has 1 N–H and O–H groups in total. The van der Waals surface area contributed by atoms with Crippen molar-refractivity contribution in [3.8, 4) is 6.07 Å². The normalized spacial score (nSPS) is 26.8. The fourth-order valence-electron chi connectivity index (χ4n) is 3.69. The minimum absolute atomic E-state index is 0.0655. The second-order valence-corrected chi connectivity index (χ2v) is 6.29. The molecule has 22 heavy (non-hydrogen) atoms. The van der Waals surface area contributed by atoms with E-state index in [1.54, 1.807) is 18.2 Å². The number of carbonyl (C=O) groups excluding carboxylic acids is 1. The molecule has 2 aliphatic heterocycles. The summed E-state index contributed by atoms with van der Waals surface area (Å²) in [5.74, 6) is 0.661. The van der Waals surface area contributed by atoms with Gasteiger partial charge in [0.15, 0.2) is 0 Å². The Labute approximate surface area is 128 Å². The lowest BCUT2D eigenvalue weighted by molar-refractivity contribution is 0.0909. The lowest BCUT2D eigenvalue weighted by atomic mass is 9.96. The van der Waals surface area contributed by atoms with E-state index in [0.29, 0.717) is 16.7 Å². The first-order chi connectivity index (χ1) is 10.7. The fraction of sp³-hybridized carbons (Fsp3) is 0.412. The molecule has 112 valence electrons. The molecule has 1 amide bonds. The number of piperidine rings is 1. The van der Waals surface area contributed by atoms with Crippen LogP contribution < -0.4 is 5.32 Å². The van der Waals surface area contributed by atoms with Gasteiger partial charge >= 0.3 is 0 Å². The van der Waals surface area contributed by atoms with Gasteiger partial charge < -0.3 is 14.6 Å². The number of nitrogens with zero attached hydrogens (tertiary/aromatic N) is 2. The Morgan fingerprint density at radius 3 is 3.14 bits per heavy atom. The van der Waals surface area contributed by atoms with E-state index >= 15 is 0 Å². The predicted octanol–water partition coefficient (Wildman–Crippen LogP) is 2.13. The number of amides is 1. The number of furan rings is 1. The van der Waals surface area contributed by atoms with Crippen molar-refractivity contribution in [1.82, 2.24) is 10.2 Å². The van der Waals surface area contributed by atoms with Gasteiger partial charge in [-0.15, -0.1) is 0 Å². The lowest BCUT2D eigenvalue weighted by Gasteiger charge is -2.30. The van der Waals surface area contributed by atoms with Gasteiger partial charge in [-0.05, 0) is 43.5 Å². The van der Waals surface area contributed by atoms with E-state index in [0.717, 1.165) is 30.8 Å². The molecule has 0 spiro atoms. The van der Waals surface area contributed by atoms with Crippen LogP contribution in [-0.4, -0.2) is 36.5 Å². The van der Waals surface area contributed by atoms with Crippen molar-refractivity contribution in [2.24, 2.45) is 5.92 Å². The molecule has 5 heteroatoms. The van der Waals surface area contributed by atoms with E-state index < -0.39 is 0 Å². The summed E-state index contributed by atoms with van der Waals surface area (Å²) in [5, 5.41) is 12.9. The van der Waals surface area contributed by atoms with Crippen LogP contribution in [0.25, 0.3) is 11.0 Å². The van der Waals surface area contributed by atoms with E-state index in [2.05, 4.69) is 16.3 Å². The van der Waals surface area contributed by atoms with Crippen LogP contribution in [0, 0.1) is 17.2 Å². The number of benzene rings is 1. The summed E-state index contributed by atoms with van der Waals surface area (Å²) in [6, 6.07) is 7.56. The standard InChI is InChI=1S/C17H17N3O2/c18-7-13-10-22-16-6-12(1-2-15(13)16)17(21)19-14-5-11-3-4-20(8-11)9-14/h1-2,6,10-11,14H,3-5,8-9H2,(H,19,21)/t11-,14+/m0/s1. The molecule has 2 saturated heterocycles. The van der Waals surface area contributed by atoms with Crippen LogP contribution in [0.5, 0.6) is 0 Å². The van der Waals surface area contributed by atoms with E-state index in [-0.39, 0.29) is 11.9 Å². The fourth-order valence-corrected chi connectivity index (χ4v) is 3.69. The highest BCUT2D eigenvalue weighted by molar-refractivity contribution is 5.98. The molecule has 0 radical (unpaired) electrons. The molecule has 1 aromatic heterocycles. The quantitative estimate of drug-likeness (QED) is 0.921. The number of fused-ring (bicyclic) bond motifs is 3. The highest BCUT2D eigenvalue weighted by Gasteiger charge is 2.33. The minimum atomic E-state index is -0.0655. The average Bonchev–Trinajstić information content (AvgIpc) is 3.09. The number of rotatable bonds is 2. The Kier molecular flexibility index (Phi) is 3.12. The monoisotopic (exact) mass is 295 g/mol. The molecule has 0 saturated carbocycles. The van der Waals surface area contributed by atoms with Crippen molar-refractivity contribution < 1.29 is 9.21 Å². The number of carbonyl (C=O) groups is 1. The van der Waals surface area contributed by atoms with Crippen molar-refractivity contribution in [3.05, 3.63) is 35.6 Å². The van der Waals surface area contributed by atoms with Gasteiger partial charge in [-0.2, -0.15) is 5.26 Å². The second kappa shape index (κ2) is 5.15. The Balaban J connectivity index is 1.52. The van der Waals surface area contributed by atoms with Crippen LogP contribution in [0.15, 0.2) is 28.9 Å². The topological polar surface area (TPSA) is 69.3 Å². The van der Waals surface area contributed by atoms with Crippen LogP contribution >= 0.6 is 0 Å². The summed E-state index contributed by atoms with van der Waals surface area (Å²) < 4.78 is 5.35. The number of nitrogens with one attached hydrogen (secondary N) is 1. The van der Waals surface area contributed by atoms with Gasteiger partial charge in [-0.1, -0.05) is 0 Å². The predicted molar refractivity (Wildman–Crippen MR) is 81.3 cm³/mol. The molecular weight excluding hydrogens is 278 g/mol. The zero-order valence-corrected chi connectivity index (χ0v) is 12.2. The summed E-state index contributed by atoms with van der Waals surface area (Å²) >= 11 is 0. The third kappa shape index (κ3) is 2.26. The van der Waals surface area contributed by atoms with Crippen LogP contribution in [0.2, 0.25) is 0 Å². The number of hydrogen-bond donors (Lipinski definition) is 1. The van der Waals surface area contributed by atoms with Crippen molar-refractivity contribution in [3.63, 3.8) is 0 Å². The van der Waals surface area contributed by atoms with E-state index in [9.17, 15) is 4.79 Å². The van der Waals surface area contributed by atoms with Gasteiger partial charge in [0, 0.05) is 30.1 Å².